The lowest BCUT2D eigenvalue weighted by atomic mass is 9.94. The van der Waals surface area contributed by atoms with E-state index < -0.39 is 0 Å². The maximum absolute atomic E-state index is 13.1. The molecule has 5 heteroatoms. The zero-order valence-electron chi connectivity index (χ0n) is 12.8. The molecule has 22 heavy (non-hydrogen) atoms. The van der Waals surface area contributed by atoms with Crippen LogP contribution in [0.15, 0.2) is 28.8 Å². The van der Waals surface area contributed by atoms with Gasteiger partial charge in [-0.2, -0.15) is 0 Å². The number of nitrogens with zero attached hydrogens (tertiary/aromatic N) is 2. The second kappa shape index (κ2) is 5.91. The molecule has 0 saturated carbocycles. The van der Waals surface area contributed by atoms with Crippen molar-refractivity contribution in [3.8, 4) is 0 Å². The van der Waals surface area contributed by atoms with Crippen LogP contribution in [0, 0.1) is 19.7 Å². The van der Waals surface area contributed by atoms with Crippen LogP contribution in [0.3, 0.4) is 0 Å². The molecule has 116 valence electrons. The van der Waals surface area contributed by atoms with Crippen LogP contribution in [0.5, 0.6) is 0 Å². The van der Waals surface area contributed by atoms with Crippen molar-refractivity contribution in [2.24, 2.45) is 0 Å². The van der Waals surface area contributed by atoms with Gasteiger partial charge in [-0.05, 0) is 50.8 Å². The van der Waals surface area contributed by atoms with Gasteiger partial charge in [0.1, 0.15) is 17.1 Å². The van der Waals surface area contributed by atoms with E-state index in [0.29, 0.717) is 23.6 Å². The maximum Gasteiger partial charge on any atom is 0.259 e. The van der Waals surface area contributed by atoms with Crippen LogP contribution in [-0.2, 0) is 0 Å². The quantitative estimate of drug-likeness (QED) is 0.847. The van der Waals surface area contributed by atoms with Crippen molar-refractivity contribution in [2.75, 3.05) is 6.54 Å². The average molecular weight is 302 g/mol. The number of amides is 1. The van der Waals surface area contributed by atoms with Crippen molar-refractivity contribution >= 4 is 5.91 Å². The van der Waals surface area contributed by atoms with E-state index in [1.165, 1.54) is 12.1 Å². The second-order valence-corrected chi connectivity index (χ2v) is 5.76. The number of aryl methyl sites for hydroxylation is 2. The first kappa shape index (κ1) is 14.8. The third-order valence-corrected chi connectivity index (χ3v) is 4.27. The van der Waals surface area contributed by atoms with Gasteiger partial charge in [-0.25, -0.2) is 4.39 Å². The topological polar surface area (TPSA) is 46.3 Å². The van der Waals surface area contributed by atoms with Crippen molar-refractivity contribution < 1.29 is 13.7 Å². The molecule has 1 aliphatic rings. The molecule has 2 heterocycles. The van der Waals surface area contributed by atoms with Crippen LogP contribution in [0.4, 0.5) is 4.39 Å². The monoisotopic (exact) mass is 302 g/mol. The number of carbonyl (C=O) groups excluding carboxylic acids is 1. The summed E-state index contributed by atoms with van der Waals surface area (Å²) in [6, 6.07) is 6.40. The molecule has 0 N–H and O–H groups in total. The molecule has 4 nitrogen and oxygen atoms in total. The van der Waals surface area contributed by atoms with Crippen molar-refractivity contribution in [2.45, 2.75) is 39.2 Å². The highest BCUT2D eigenvalue weighted by Gasteiger charge is 2.31. The van der Waals surface area contributed by atoms with Crippen LogP contribution in [0.1, 0.15) is 52.7 Å². The van der Waals surface area contributed by atoms with Gasteiger partial charge in [-0.3, -0.25) is 4.79 Å². The Morgan fingerprint density at radius 1 is 1.27 bits per heavy atom. The van der Waals surface area contributed by atoms with Gasteiger partial charge in [-0.1, -0.05) is 17.3 Å². The highest BCUT2D eigenvalue weighted by molar-refractivity contribution is 5.96. The number of likely N-dealkylation sites (tertiary alicyclic amines) is 1. The molecule has 0 unspecified atom stereocenters. The van der Waals surface area contributed by atoms with E-state index in [1.54, 1.807) is 26.0 Å². The first-order chi connectivity index (χ1) is 10.6. The zero-order valence-corrected chi connectivity index (χ0v) is 12.8. The summed E-state index contributed by atoms with van der Waals surface area (Å²) in [5.41, 5.74) is 2.14. The summed E-state index contributed by atoms with van der Waals surface area (Å²) in [6.45, 7) is 4.23. The fourth-order valence-corrected chi connectivity index (χ4v) is 3.14. The van der Waals surface area contributed by atoms with Crippen molar-refractivity contribution in [3.63, 3.8) is 0 Å². The Balaban J connectivity index is 1.93. The van der Waals surface area contributed by atoms with E-state index in [9.17, 15) is 9.18 Å². The van der Waals surface area contributed by atoms with E-state index >= 15 is 0 Å². The summed E-state index contributed by atoms with van der Waals surface area (Å²) in [5.74, 6) is 0.236. The Hall–Kier alpha value is -2.17. The lowest BCUT2D eigenvalue weighted by molar-refractivity contribution is 0.0609. The first-order valence-corrected chi connectivity index (χ1v) is 7.57. The van der Waals surface area contributed by atoms with E-state index in [-0.39, 0.29) is 17.8 Å². The summed E-state index contributed by atoms with van der Waals surface area (Å²) in [5, 5.41) is 3.87. The van der Waals surface area contributed by atoms with Gasteiger partial charge in [0.25, 0.3) is 5.91 Å². The molecule has 1 amide bonds. The number of benzene rings is 1. The molecule has 1 saturated heterocycles. The number of halogens is 1. The molecule has 0 spiro atoms. The summed E-state index contributed by atoms with van der Waals surface area (Å²) in [4.78, 5) is 14.8. The second-order valence-electron chi connectivity index (χ2n) is 5.76. The van der Waals surface area contributed by atoms with Gasteiger partial charge in [0.05, 0.1) is 11.7 Å². The number of hydrogen-bond donors (Lipinski definition) is 0. The Morgan fingerprint density at radius 3 is 2.64 bits per heavy atom. The van der Waals surface area contributed by atoms with Gasteiger partial charge in [0.2, 0.25) is 0 Å². The van der Waals surface area contributed by atoms with Crippen LogP contribution in [0.2, 0.25) is 0 Å². The third-order valence-electron chi connectivity index (χ3n) is 4.27. The summed E-state index contributed by atoms with van der Waals surface area (Å²) in [6.07, 6.45) is 2.93. The molecule has 0 aliphatic carbocycles. The fourth-order valence-electron chi connectivity index (χ4n) is 3.14. The Kier molecular flexibility index (Phi) is 3.96. The normalized spacial score (nSPS) is 18.5. The Labute approximate surface area is 128 Å². The number of piperidine rings is 1. The minimum Gasteiger partial charge on any atom is -0.361 e. The molecular weight excluding hydrogens is 283 g/mol. The van der Waals surface area contributed by atoms with Crippen molar-refractivity contribution in [3.05, 3.63) is 52.7 Å². The van der Waals surface area contributed by atoms with E-state index in [1.807, 2.05) is 4.90 Å². The standard InChI is InChI=1S/C17H19FN2O2/c1-11-16(12(2)22-19-11)17(21)20-10-4-3-5-15(20)13-6-8-14(18)9-7-13/h6-9,15H,3-5,10H2,1-2H3/t15-/m0/s1. The van der Waals surface area contributed by atoms with Crippen LogP contribution < -0.4 is 0 Å². The fraction of sp³-hybridized carbons (Fsp3) is 0.412. The number of aromatic nitrogens is 1. The van der Waals surface area contributed by atoms with Gasteiger partial charge in [0.15, 0.2) is 0 Å². The average Bonchev–Trinajstić information content (AvgIpc) is 2.86. The van der Waals surface area contributed by atoms with E-state index in [4.69, 9.17) is 4.52 Å². The van der Waals surface area contributed by atoms with E-state index in [2.05, 4.69) is 5.16 Å². The Bertz CT molecular complexity index is 659. The summed E-state index contributed by atoms with van der Waals surface area (Å²) < 4.78 is 18.3. The van der Waals surface area contributed by atoms with Crippen LogP contribution >= 0.6 is 0 Å². The van der Waals surface area contributed by atoms with Crippen molar-refractivity contribution in [1.29, 1.82) is 0 Å². The molecule has 1 atom stereocenters. The van der Waals surface area contributed by atoms with Gasteiger partial charge in [0, 0.05) is 6.54 Å². The molecule has 1 aromatic carbocycles. The number of carbonyl (C=O) groups is 1. The molecule has 0 bridgehead atoms. The summed E-state index contributed by atoms with van der Waals surface area (Å²) in [7, 11) is 0. The minimum atomic E-state index is -0.261. The molecule has 0 radical (unpaired) electrons. The highest BCUT2D eigenvalue weighted by Crippen LogP contribution is 2.33. The molecule has 2 aromatic rings. The molecule has 1 fully saturated rings. The predicted octanol–water partition coefficient (Wildman–Crippen LogP) is 3.80. The molecular formula is C17H19FN2O2. The molecule has 1 aliphatic heterocycles. The maximum atomic E-state index is 13.1. The summed E-state index contributed by atoms with van der Waals surface area (Å²) >= 11 is 0. The van der Waals surface area contributed by atoms with Gasteiger partial charge >= 0.3 is 0 Å². The largest absolute Gasteiger partial charge is 0.361 e. The predicted molar refractivity (Wildman–Crippen MR) is 80.0 cm³/mol. The minimum absolute atomic E-state index is 0.0180. The van der Waals surface area contributed by atoms with Crippen LogP contribution in [-0.4, -0.2) is 22.5 Å². The number of hydrogen-bond acceptors (Lipinski definition) is 3. The van der Waals surface area contributed by atoms with E-state index in [0.717, 1.165) is 24.8 Å². The molecule has 1 aromatic heterocycles. The first-order valence-electron chi connectivity index (χ1n) is 7.57. The molecule has 3 rings (SSSR count). The van der Waals surface area contributed by atoms with Crippen molar-refractivity contribution in [1.82, 2.24) is 10.1 Å². The van der Waals surface area contributed by atoms with Gasteiger partial charge in [-0.15, -0.1) is 0 Å². The van der Waals surface area contributed by atoms with Crippen LogP contribution in [0.25, 0.3) is 0 Å². The Morgan fingerprint density at radius 2 is 2.00 bits per heavy atom. The van der Waals surface area contributed by atoms with Gasteiger partial charge < -0.3 is 9.42 Å². The third kappa shape index (κ3) is 2.63. The smallest absolute Gasteiger partial charge is 0.259 e. The number of rotatable bonds is 2. The SMILES string of the molecule is Cc1noc(C)c1C(=O)N1CCCC[C@H]1c1ccc(F)cc1. The zero-order chi connectivity index (χ0) is 15.7. The lowest BCUT2D eigenvalue weighted by Crippen LogP contribution is -2.38. The lowest BCUT2D eigenvalue weighted by Gasteiger charge is -2.36. The highest BCUT2D eigenvalue weighted by atomic mass is 19.1.